The van der Waals surface area contributed by atoms with Crippen LogP contribution in [0.4, 0.5) is 0 Å². The highest BCUT2D eigenvalue weighted by atomic mass is 32.1. The third kappa shape index (κ3) is 2.22. The van der Waals surface area contributed by atoms with Crippen LogP contribution in [0.3, 0.4) is 0 Å². The molecule has 1 aromatic carbocycles. The van der Waals surface area contributed by atoms with Gasteiger partial charge < -0.3 is 15.6 Å². The molecule has 1 aromatic heterocycles. The van der Waals surface area contributed by atoms with Crippen LogP contribution in [-0.4, -0.2) is 23.2 Å². The SMILES string of the molecule is Cc1nc(C(O)C2(CN)COc3ccccc3C2)cs1. The van der Waals surface area contributed by atoms with Gasteiger partial charge in [0.15, 0.2) is 0 Å². The maximum Gasteiger partial charge on any atom is 0.122 e. The number of nitrogens with zero attached hydrogens (tertiary/aromatic N) is 1. The minimum atomic E-state index is -0.703. The molecule has 2 atom stereocenters. The maximum atomic E-state index is 10.7. The number of ether oxygens (including phenoxy) is 1. The summed E-state index contributed by atoms with van der Waals surface area (Å²) in [5.74, 6) is 0.887. The van der Waals surface area contributed by atoms with Gasteiger partial charge in [-0.3, -0.25) is 0 Å². The Hall–Kier alpha value is -1.43. The van der Waals surface area contributed by atoms with Crippen molar-refractivity contribution < 1.29 is 9.84 Å². The second-order valence-corrected chi connectivity index (χ2v) is 6.40. The molecular weight excluding hydrogens is 272 g/mol. The fourth-order valence-corrected chi connectivity index (χ4v) is 3.31. The Kier molecular flexibility index (Phi) is 3.50. The van der Waals surface area contributed by atoms with Crippen molar-refractivity contribution in [2.45, 2.75) is 19.4 Å². The summed E-state index contributed by atoms with van der Waals surface area (Å²) in [4.78, 5) is 4.39. The first-order valence-corrected chi connectivity index (χ1v) is 7.53. The minimum Gasteiger partial charge on any atom is -0.493 e. The van der Waals surface area contributed by atoms with E-state index in [1.165, 1.54) is 11.3 Å². The van der Waals surface area contributed by atoms with Crippen molar-refractivity contribution in [2.24, 2.45) is 11.1 Å². The van der Waals surface area contributed by atoms with E-state index in [0.717, 1.165) is 16.3 Å². The second-order valence-electron chi connectivity index (χ2n) is 5.33. The van der Waals surface area contributed by atoms with Crippen molar-refractivity contribution in [3.05, 3.63) is 45.9 Å². The van der Waals surface area contributed by atoms with Crippen LogP contribution in [0, 0.1) is 12.3 Å². The monoisotopic (exact) mass is 290 g/mol. The van der Waals surface area contributed by atoms with Gasteiger partial charge in [0.2, 0.25) is 0 Å². The van der Waals surface area contributed by atoms with Crippen molar-refractivity contribution in [1.82, 2.24) is 4.98 Å². The lowest BCUT2D eigenvalue weighted by Gasteiger charge is -2.40. The van der Waals surface area contributed by atoms with E-state index in [-0.39, 0.29) is 0 Å². The average Bonchev–Trinajstić information content (AvgIpc) is 2.92. The van der Waals surface area contributed by atoms with Gasteiger partial charge in [-0.1, -0.05) is 18.2 Å². The van der Waals surface area contributed by atoms with Crippen molar-refractivity contribution >= 4 is 11.3 Å². The van der Waals surface area contributed by atoms with Gasteiger partial charge in [0, 0.05) is 11.9 Å². The number of aromatic nitrogens is 1. The molecule has 20 heavy (non-hydrogen) atoms. The summed E-state index contributed by atoms with van der Waals surface area (Å²) in [7, 11) is 0. The van der Waals surface area contributed by atoms with Crippen LogP contribution in [0.25, 0.3) is 0 Å². The molecule has 0 spiro atoms. The number of benzene rings is 1. The summed E-state index contributed by atoms with van der Waals surface area (Å²) in [5.41, 5.74) is 7.26. The lowest BCUT2D eigenvalue weighted by Crippen LogP contribution is -2.46. The summed E-state index contributed by atoms with van der Waals surface area (Å²) >= 11 is 1.54. The predicted octanol–water partition coefficient (Wildman–Crippen LogP) is 2.07. The molecule has 0 amide bonds. The Balaban J connectivity index is 1.93. The fourth-order valence-electron chi connectivity index (χ4n) is 2.68. The zero-order valence-corrected chi connectivity index (χ0v) is 12.2. The minimum absolute atomic E-state index is 0.360. The van der Waals surface area contributed by atoms with Gasteiger partial charge in [-0.15, -0.1) is 11.3 Å². The van der Waals surface area contributed by atoms with Crippen LogP contribution in [-0.2, 0) is 6.42 Å². The molecule has 4 nitrogen and oxygen atoms in total. The van der Waals surface area contributed by atoms with Crippen molar-refractivity contribution in [2.75, 3.05) is 13.2 Å². The van der Waals surface area contributed by atoms with Gasteiger partial charge >= 0.3 is 0 Å². The zero-order valence-electron chi connectivity index (χ0n) is 11.4. The van der Waals surface area contributed by atoms with Gasteiger partial charge in [-0.2, -0.15) is 0 Å². The molecule has 2 heterocycles. The molecule has 2 unspecified atom stereocenters. The molecule has 1 aliphatic rings. The molecular formula is C15H18N2O2S. The van der Waals surface area contributed by atoms with Crippen LogP contribution in [0.2, 0.25) is 0 Å². The molecule has 0 radical (unpaired) electrons. The Morgan fingerprint density at radius 3 is 3.00 bits per heavy atom. The third-order valence-electron chi connectivity index (χ3n) is 3.93. The summed E-state index contributed by atoms with van der Waals surface area (Å²) in [6, 6.07) is 7.91. The molecule has 0 bridgehead atoms. The van der Waals surface area contributed by atoms with Crippen LogP contribution in [0.15, 0.2) is 29.6 Å². The fraction of sp³-hybridized carbons (Fsp3) is 0.400. The van der Waals surface area contributed by atoms with Crippen LogP contribution in [0.5, 0.6) is 5.75 Å². The first-order chi connectivity index (χ1) is 9.64. The number of fused-ring (bicyclic) bond motifs is 1. The quantitative estimate of drug-likeness (QED) is 0.908. The van der Waals surface area contributed by atoms with Gasteiger partial charge in [0.1, 0.15) is 11.9 Å². The van der Waals surface area contributed by atoms with Gasteiger partial charge in [-0.25, -0.2) is 4.98 Å². The Morgan fingerprint density at radius 1 is 1.50 bits per heavy atom. The molecule has 0 saturated heterocycles. The highest BCUT2D eigenvalue weighted by Crippen LogP contribution is 2.42. The highest BCUT2D eigenvalue weighted by molar-refractivity contribution is 7.09. The van der Waals surface area contributed by atoms with E-state index in [0.29, 0.717) is 25.3 Å². The Morgan fingerprint density at radius 2 is 2.30 bits per heavy atom. The third-order valence-corrected chi connectivity index (χ3v) is 4.73. The topological polar surface area (TPSA) is 68.4 Å². The van der Waals surface area contributed by atoms with Crippen LogP contribution >= 0.6 is 11.3 Å². The van der Waals surface area contributed by atoms with E-state index in [1.807, 2.05) is 36.6 Å². The molecule has 5 heteroatoms. The summed E-state index contributed by atoms with van der Waals surface area (Å²) < 4.78 is 5.82. The number of para-hydroxylation sites is 1. The van der Waals surface area contributed by atoms with E-state index >= 15 is 0 Å². The molecule has 0 saturated carbocycles. The Labute approximate surface area is 122 Å². The maximum absolute atomic E-state index is 10.7. The lowest BCUT2D eigenvalue weighted by atomic mass is 9.75. The summed E-state index contributed by atoms with van der Waals surface area (Å²) in [6.07, 6.45) is 0.00281. The summed E-state index contributed by atoms with van der Waals surface area (Å²) in [6.45, 7) is 2.71. The number of rotatable bonds is 3. The van der Waals surface area contributed by atoms with E-state index in [4.69, 9.17) is 10.5 Å². The van der Waals surface area contributed by atoms with E-state index in [2.05, 4.69) is 4.98 Å². The number of thiazole rings is 1. The van der Waals surface area contributed by atoms with E-state index < -0.39 is 11.5 Å². The highest BCUT2D eigenvalue weighted by Gasteiger charge is 2.43. The molecule has 0 aliphatic carbocycles. The lowest BCUT2D eigenvalue weighted by molar-refractivity contribution is -0.0183. The Bertz CT molecular complexity index is 613. The number of nitrogens with two attached hydrogens (primary N) is 1. The first-order valence-electron chi connectivity index (χ1n) is 6.65. The van der Waals surface area contributed by atoms with Crippen molar-refractivity contribution in [3.63, 3.8) is 0 Å². The number of hydrogen-bond donors (Lipinski definition) is 2. The standard InChI is InChI=1S/C15H18N2O2S/c1-10-17-12(7-20-10)14(18)15(8-16)6-11-4-2-3-5-13(11)19-9-15/h2-5,7,14,18H,6,8-9,16H2,1H3. The van der Waals surface area contributed by atoms with Gasteiger partial charge in [0.25, 0.3) is 0 Å². The second kappa shape index (κ2) is 5.16. The summed E-state index contributed by atoms with van der Waals surface area (Å²) in [5, 5.41) is 13.6. The number of hydrogen-bond acceptors (Lipinski definition) is 5. The molecule has 0 fully saturated rings. The predicted molar refractivity (Wildman–Crippen MR) is 78.9 cm³/mol. The van der Waals surface area contributed by atoms with E-state index in [1.54, 1.807) is 0 Å². The van der Waals surface area contributed by atoms with Crippen LogP contribution in [0.1, 0.15) is 22.4 Å². The van der Waals surface area contributed by atoms with E-state index in [9.17, 15) is 5.11 Å². The normalized spacial score (nSPS) is 22.9. The number of aliphatic hydroxyl groups excluding tert-OH is 1. The molecule has 3 rings (SSSR count). The largest absolute Gasteiger partial charge is 0.493 e. The number of aryl methyl sites for hydroxylation is 1. The molecule has 1 aliphatic heterocycles. The van der Waals surface area contributed by atoms with Crippen molar-refractivity contribution in [1.29, 1.82) is 0 Å². The zero-order chi connectivity index (χ0) is 14.2. The molecule has 2 aromatic rings. The van der Waals surface area contributed by atoms with Crippen LogP contribution < -0.4 is 10.5 Å². The van der Waals surface area contributed by atoms with Crippen molar-refractivity contribution in [3.8, 4) is 5.75 Å². The molecule has 106 valence electrons. The average molecular weight is 290 g/mol. The van der Waals surface area contributed by atoms with Gasteiger partial charge in [-0.05, 0) is 25.0 Å². The van der Waals surface area contributed by atoms with Gasteiger partial charge in [0.05, 0.1) is 22.7 Å². The smallest absolute Gasteiger partial charge is 0.122 e. The molecule has 3 N–H and O–H groups in total. The first kappa shape index (κ1) is 13.5. The number of aliphatic hydroxyl groups is 1.